The number of carbonyl (C=O) groups excluding carboxylic acids is 6. The van der Waals surface area contributed by atoms with Gasteiger partial charge in [0, 0.05) is 57.9 Å². The largest absolute Gasteiger partial charge is 0.462 e. The van der Waals surface area contributed by atoms with Crippen molar-refractivity contribution in [3.63, 3.8) is 0 Å². The van der Waals surface area contributed by atoms with Gasteiger partial charge < -0.3 is 23.7 Å². The third-order valence-electron chi connectivity index (χ3n) is 10.1. The second-order valence-electron chi connectivity index (χ2n) is 12.9. The molecular formula is C30H40O11. The number of Topliss-reactive ketones (excluding diaryl/α,β-unsaturated/α-hetero) is 1. The second kappa shape index (κ2) is 9.94. The quantitative estimate of drug-likeness (QED) is 0.270. The Hall–Kier alpha value is -3.24. The molecule has 41 heavy (non-hydrogen) atoms. The Kier molecular flexibility index (Phi) is 7.45. The maximum Gasteiger partial charge on any atom is 0.303 e. The van der Waals surface area contributed by atoms with Gasteiger partial charge in [-0.15, -0.1) is 0 Å². The van der Waals surface area contributed by atoms with Crippen molar-refractivity contribution >= 4 is 35.6 Å². The van der Waals surface area contributed by atoms with Crippen molar-refractivity contribution < 1.29 is 52.5 Å². The molecule has 0 aromatic carbocycles. The molecule has 11 nitrogen and oxygen atoms in total. The third kappa shape index (κ3) is 4.37. The Bertz CT molecular complexity index is 1220. The molecule has 2 bridgehead atoms. The van der Waals surface area contributed by atoms with E-state index in [0.29, 0.717) is 12.8 Å². The zero-order valence-corrected chi connectivity index (χ0v) is 25.0. The number of fused-ring (bicyclic) bond motifs is 3. The SMILES string of the molecule is C=C1C(=O)[C@@]23[C@H](OC(C)=O)C[C@@H]4C(C)(C)CC[C@@H](OC(C)=O)[C@@]4(C)[C@@H]2[C@@H](OC(C)=O)C[C@]1(OC(C)=O)[C@H]3OC(C)=O. The molecule has 4 saturated carbocycles. The van der Waals surface area contributed by atoms with Crippen LogP contribution in [0.2, 0.25) is 0 Å². The van der Waals surface area contributed by atoms with Crippen LogP contribution in [0.3, 0.4) is 0 Å². The summed E-state index contributed by atoms with van der Waals surface area (Å²) >= 11 is 0. The Morgan fingerprint density at radius 1 is 0.780 bits per heavy atom. The minimum absolute atomic E-state index is 0.142. The van der Waals surface area contributed by atoms with Gasteiger partial charge >= 0.3 is 29.8 Å². The molecule has 4 rings (SSSR count). The number of hydrogen-bond donors (Lipinski definition) is 0. The lowest BCUT2D eigenvalue weighted by Gasteiger charge is -2.68. The summed E-state index contributed by atoms with van der Waals surface area (Å²) in [6, 6.07) is 0. The van der Waals surface area contributed by atoms with E-state index >= 15 is 0 Å². The average Bonchev–Trinajstić information content (AvgIpc) is 2.91. The highest BCUT2D eigenvalue weighted by atomic mass is 16.6. The maximum absolute atomic E-state index is 14.7. The van der Waals surface area contributed by atoms with Crippen LogP contribution in [0.4, 0.5) is 0 Å². The van der Waals surface area contributed by atoms with Crippen LogP contribution in [-0.4, -0.2) is 65.6 Å². The van der Waals surface area contributed by atoms with E-state index in [1.807, 2.05) is 6.92 Å². The molecule has 0 heterocycles. The van der Waals surface area contributed by atoms with Crippen molar-refractivity contribution in [1.29, 1.82) is 0 Å². The van der Waals surface area contributed by atoms with Crippen LogP contribution in [0, 0.1) is 28.1 Å². The van der Waals surface area contributed by atoms with Gasteiger partial charge in [0.1, 0.15) is 23.7 Å². The van der Waals surface area contributed by atoms with E-state index in [9.17, 15) is 28.8 Å². The van der Waals surface area contributed by atoms with Crippen molar-refractivity contribution in [1.82, 2.24) is 0 Å². The summed E-state index contributed by atoms with van der Waals surface area (Å²) in [6.45, 7) is 16.1. The summed E-state index contributed by atoms with van der Waals surface area (Å²) < 4.78 is 29.5. The zero-order valence-electron chi connectivity index (χ0n) is 25.0. The normalized spacial score (nSPS) is 40.4. The van der Waals surface area contributed by atoms with Crippen LogP contribution in [0.15, 0.2) is 12.2 Å². The first kappa shape index (κ1) is 30.7. The van der Waals surface area contributed by atoms with Crippen molar-refractivity contribution in [3.05, 3.63) is 12.2 Å². The molecule has 11 heteroatoms. The first-order valence-corrected chi connectivity index (χ1v) is 14.0. The van der Waals surface area contributed by atoms with Crippen LogP contribution in [0.5, 0.6) is 0 Å². The van der Waals surface area contributed by atoms with Crippen molar-refractivity contribution in [2.75, 3.05) is 0 Å². The summed E-state index contributed by atoms with van der Waals surface area (Å²) in [5.41, 5.74) is -5.30. The lowest BCUT2D eigenvalue weighted by atomic mass is 9.38. The van der Waals surface area contributed by atoms with Crippen molar-refractivity contribution in [3.8, 4) is 0 Å². The third-order valence-corrected chi connectivity index (χ3v) is 10.1. The molecule has 1 spiro atoms. The van der Waals surface area contributed by atoms with Crippen molar-refractivity contribution in [2.24, 2.45) is 28.1 Å². The molecular weight excluding hydrogens is 536 g/mol. The number of rotatable bonds is 5. The lowest BCUT2D eigenvalue weighted by molar-refractivity contribution is -0.299. The molecule has 0 aromatic heterocycles. The topological polar surface area (TPSA) is 149 Å². The summed E-state index contributed by atoms with van der Waals surface area (Å²) in [6.07, 6.45) is -3.36. The minimum atomic E-state index is -1.88. The molecule has 9 atom stereocenters. The molecule has 0 saturated heterocycles. The molecule has 226 valence electrons. The standard InChI is InChI=1S/C30H40O11/c1-14-25(36)30-23(39-17(4)33)12-21-27(7,8)11-10-22(38-16(3)32)28(21,9)24(30)20(37-15(2)31)13-29(14,41-19(6)35)26(30)40-18(5)34/h20-24,26H,1,10-13H2,2-9H3/t20-,21+,22+,23+,24-,26+,28-,29+,30+/m0/s1. The van der Waals surface area contributed by atoms with Gasteiger partial charge in [0.05, 0.1) is 0 Å². The van der Waals surface area contributed by atoms with Crippen molar-refractivity contribution in [2.45, 2.75) is 111 Å². The van der Waals surface area contributed by atoms with Crippen LogP contribution < -0.4 is 0 Å². The molecule has 0 radical (unpaired) electrons. The highest BCUT2D eigenvalue weighted by molar-refractivity contribution is 6.07. The molecule has 0 unspecified atom stereocenters. The summed E-state index contributed by atoms with van der Waals surface area (Å²) in [5, 5.41) is 0. The molecule has 0 aliphatic heterocycles. The summed E-state index contributed by atoms with van der Waals surface area (Å²) in [4.78, 5) is 77.5. The van der Waals surface area contributed by atoms with E-state index in [4.69, 9.17) is 23.7 Å². The van der Waals surface area contributed by atoms with Gasteiger partial charge in [0.25, 0.3) is 0 Å². The van der Waals surface area contributed by atoms with Gasteiger partial charge in [-0.2, -0.15) is 0 Å². The predicted octanol–water partition coefficient (Wildman–Crippen LogP) is 3.01. The van der Waals surface area contributed by atoms with Crippen LogP contribution >= 0.6 is 0 Å². The maximum atomic E-state index is 14.7. The van der Waals surface area contributed by atoms with E-state index in [1.54, 1.807) is 0 Å². The van der Waals surface area contributed by atoms with Crippen LogP contribution in [0.25, 0.3) is 0 Å². The summed E-state index contributed by atoms with van der Waals surface area (Å²) in [7, 11) is 0. The molecule has 4 fully saturated rings. The van der Waals surface area contributed by atoms with Gasteiger partial charge in [0.2, 0.25) is 0 Å². The fourth-order valence-corrected chi connectivity index (χ4v) is 9.09. The zero-order chi connectivity index (χ0) is 30.9. The van der Waals surface area contributed by atoms with Gasteiger partial charge in [-0.1, -0.05) is 27.4 Å². The second-order valence-corrected chi connectivity index (χ2v) is 12.9. The number of hydrogen-bond acceptors (Lipinski definition) is 11. The summed E-state index contributed by atoms with van der Waals surface area (Å²) in [5.74, 6) is -5.25. The smallest absolute Gasteiger partial charge is 0.303 e. The van der Waals surface area contributed by atoms with E-state index in [1.165, 1.54) is 20.8 Å². The van der Waals surface area contributed by atoms with Gasteiger partial charge in [0.15, 0.2) is 17.5 Å². The molecule has 0 aromatic rings. The Morgan fingerprint density at radius 2 is 1.32 bits per heavy atom. The predicted molar refractivity (Wildman–Crippen MR) is 141 cm³/mol. The van der Waals surface area contributed by atoms with E-state index in [-0.39, 0.29) is 29.7 Å². The van der Waals surface area contributed by atoms with Crippen LogP contribution in [-0.2, 0) is 52.5 Å². The van der Waals surface area contributed by atoms with E-state index in [0.717, 1.165) is 13.8 Å². The van der Waals surface area contributed by atoms with Gasteiger partial charge in [-0.3, -0.25) is 28.8 Å². The highest BCUT2D eigenvalue weighted by Gasteiger charge is 2.85. The monoisotopic (exact) mass is 576 g/mol. The van der Waals surface area contributed by atoms with Crippen LogP contribution in [0.1, 0.15) is 81.1 Å². The average molecular weight is 577 g/mol. The number of carbonyl (C=O) groups is 6. The molecule has 0 amide bonds. The Morgan fingerprint density at radius 3 is 1.83 bits per heavy atom. The number of ketones is 1. The first-order valence-electron chi connectivity index (χ1n) is 14.0. The fraction of sp³-hybridized carbons (Fsp3) is 0.733. The lowest BCUT2D eigenvalue weighted by Crippen LogP contribution is -2.76. The Labute approximate surface area is 239 Å². The van der Waals surface area contributed by atoms with E-state index in [2.05, 4.69) is 20.4 Å². The molecule has 4 aliphatic carbocycles. The minimum Gasteiger partial charge on any atom is -0.462 e. The van der Waals surface area contributed by atoms with E-state index < -0.39 is 82.4 Å². The first-order chi connectivity index (χ1) is 18.8. The molecule has 0 N–H and O–H groups in total. The number of esters is 5. The van der Waals surface area contributed by atoms with Gasteiger partial charge in [-0.05, 0) is 30.6 Å². The number of ether oxygens (including phenoxy) is 5. The van der Waals surface area contributed by atoms with Gasteiger partial charge in [-0.25, -0.2) is 0 Å². The molecule has 4 aliphatic rings. The highest BCUT2D eigenvalue weighted by Crippen LogP contribution is 2.74. The fourth-order valence-electron chi connectivity index (χ4n) is 9.09. The Balaban J connectivity index is 2.13.